The second kappa shape index (κ2) is 5.98. The van der Waals surface area contributed by atoms with Gasteiger partial charge in [0.1, 0.15) is 5.65 Å². The van der Waals surface area contributed by atoms with Gasteiger partial charge in [0.25, 0.3) is 0 Å². The van der Waals surface area contributed by atoms with Crippen molar-refractivity contribution >= 4 is 22.5 Å². The quantitative estimate of drug-likeness (QED) is 0.593. The van der Waals surface area contributed by atoms with Crippen LogP contribution in [0, 0.1) is 6.92 Å². The first-order chi connectivity index (χ1) is 13.2. The van der Waals surface area contributed by atoms with E-state index in [1.165, 1.54) is 22.0 Å². The number of nitrogens with zero attached hydrogens (tertiary/aromatic N) is 3. The maximum Gasteiger partial charge on any atom is 0.221 e. The molecule has 0 unspecified atom stereocenters. The van der Waals surface area contributed by atoms with E-state index in [0.29, 0.717) is 13.0 Å². The number of imidazole rings is 1. The Hall–Kier alpha value is -3.08. The first-order valence-corrected chi connectivity index (χ1v) is 9.47. The molecule has 5 heteroatoms. The van der Waals surface area contributed by atoms with Crippen LogP contribution in [0.15, 0.2) is 48.8 Å². The lowest BCUT2D eigenvalue weighted by Crippen LogP contribution is -2.21. The molecule has 0 aliphatic carbocycles. The van der Waals surface area contributed by atoms with Crippen molar-refractivity contribution in [3.05, 3.63) is 71.3 Å². The first-order valence-electron chi connectivity index (χ1n) is 9.47. The lowest BCUT2D eigenvalue weighted by atomic mass is 9.89. The second-order valence-corrected chi connectivity index (χ2v) is 7.29. The van der Waals surface area contributed by atoms with E-state index in [1.807, 2.05) is 0 Å². The molecule has 1 aliphatic rings. The summed E-state index contributed by atoms with van der Waals surface area (Å²) in [6.07, 6.45) is 4.69. The van der Waals surface area contributed by atoms with Crippen LogP contribution in [0.3, 0.4) is 0 Å². The molecule has 0 fully saturated rings. The van der Waals surface area contributed by atoms with Crippen molar-refractivity contribution in [3.8, 4) is 0 Å². The first kappa shape index (κ1) is 16.1. The van der Waals surface area contributed by atoms with Crippen LogP contribution in [0.4, 0.5) is 0 Å². The highest BCUT2D eigenvalue weighted by Gasteiger charge is 2.30. The summed E-state index contributed by atoms with van der Waals surface area (Å²) in [6.45, 7) is 5.65. The van der Waals surface area contributed by atoms with E-state index in [0.717, 1.165) is 23.6 Å². The minimum Gasteiger partial charge on any atom is -0.350 e. The summed E-state index contributed by atoms with van der Waals surface area (Å²) in [6, 6.07) is 12.7. The van der Waals surface area contributed by atoms with Crippen LogP contribution >= 0.6 is 0 Å². The normalized spacial score (nSPS) is 17.1. The third-order valence-electron chi connectivity index (χ3n) is 5.62. The highest BCUT2D eigenvalue weighted by molar-refractivity contribution is 5.86. The van der Waals surface area contributed by atoms with E-state index in [4.69, 9.17) is 4.98 Å². The van der Waals surface area contributed by atoms with Crippen molar-refractivity contribution in [2.45, 2.75) is 39.3 Å². The molecule has 4 heterocycles. The molecule has 1 amide bonds. The van der Waals surface area contributed by atoms with E-state index >= 15 is 0 Å². The summed E-state index contributed by atoms with van der Waals surface area (Å²) in [5.41, 5.74) is 6.62. The van der Waals surface area contributed by atoms with E-state index in [9.17, 15) is 4.79 Å². The van der Waals surface area contributed by atoms with Crippen molar-refractivity contribution in [3.63, 3.8) is 0 Å². The molecule has 0 bridgehead atoms. The minimum absolute atomic E-state index is 0.0179. The monoisotopic (exact) mass is 358 g/mol. The number of nitrogens with one attached hydrogen (secondary N) is 1. The standard InChI is InChI=1S/C22H22N4O/c1-3-25-10-9-16-15(5-4-6-19(16)25)17-11-21(27)23-12-18-22(17)26-13-14(2)7-8-20(26)24-18/h4-10,13,17H,3,11-12H2,1-2H3,(H,23,27)/t17-/m1/s1. The van der Waals surface area contributed by atoms with Gasteiger partial charge in [-0.05, 0) is 43.2 Å². The lowest BCUT2D eigenvalue weighted by molar-refractivity contribution is -0.121. The number of pyridine rings is 1. The summed E-state index contributed by atoms with van der Waals surface area (Å²) in [5, 5.41) is 4.24. The molecule has 0 saturated carbocycles. The van der Waals surface area contributed by atoms with Gasteiger partial charge < -0.3 is 14.3 Å². The van der Waals surface area contributed by atoms with Gasteiger partial charge >= 0.3 is 0 Å². The number of hydrogen-bond donors (Lipinski definition) is 1. The van der Waals surface area contributed by atoms with Crippen molar-refractivity contribution < 1.29 is 4.79 Å². The van der Waals surface area contributed by atoms with Crippen LogP contribution in [0.5, 0.6) is 0 Å². The van der Waals surface area contributed by atoms with E-state index in [2.05, 4.69) is 76.9 Å². The smallest absolute Gasteiger partial charge is 0.221 e. The third kappa shape index (κ3) is 2.46. The molecule has 5 nitrogen and oxygen atoms in total. The molecule has 3 aromatic heterocycles. The Morgan fingerprint density at radius 2 is 2.11 bits per heavy atom. The summed E-state index contributed by atoms with van der Waals surface area (Å²) < 4.78 is 4.42. The molecule has 136 valence electrons. The van der Waals surface area contributed by atoms with Gasteiger partial charge in [0.2, 0.25) is 5.91 Å². The van der Waals surface area contributed by atoms with Gasteiger partial charge in [-0.2, -0.15) is 0 Å². The number of rotatable bonds is 2. The highest BCUT2D eigenvalue weighted by Crippen LogP contribution is 2.37. The summed E-state index contributed by atoms with van der Waals surface area (Å²) in [7, 11) is 0. The molecular weight excluding hydrogens is 336 g/mol. The van der Waals surface area contributed by atoms with Crippen LogP contribution in [-0.4, -0.2) is 19.9 Å². The van der Waals surface area contributed by atoms with E-state index in [1.54, 1.807) is 0 Å². The predicted octanol–water partition coefficient (Wildman–Crippen LogP) is 3.77. The SMILES string of the molecule is CCn1ccc2c([C@H]3CC(=O)NCc4nc5ccc(C)cn5c43)cccc21. The van der Waals surface area contributed by atoms with Gasteiger partial charge in [0, 0.05) is 42.2 Å². The summed E-state index contributed by atoms with van der Waals surface area (Å²) >= 11 is 0. The van der Waals surface area contributed by atoms with Crippen molar-refractivity contribution in [1.29, 1.82) is 0 Å². The van der Waals surface area contributed by atoms with Gasteiger partial charge in [-0.1, -0.05) is 18.2 Å². The Morgan fingerprint density at radius 1 is 1.22 bits per heavy atom. The second-order valence-electron chi connectivity index (χ2n) is 7.29. The molecule has 5 rings (SSSR count). The Kier molecular flexibility index (Phi) is 3.57. The number of hydrogen-bond acceptors (Lipinski definition) is 2. The number of amides is 1. The maximum absolute atomic E-state index is 12.5. The molecule has 0 saturated heterocycles. The van der Waals surface area contributed by atoms with Gasteiger partial charge in [-0.15, -0.1) is 0 Å². The average molecular weight is 358 g/mol. The molecule has 1 atom stereocenters. The molecule has 0 radical (unpaired) electrons. The average Bonchev–Trinajstić information content (AvgIpc) is 3.20. The molecular formula is C22H22N4O. The molecule has 1 aromatic carbocycles. The molecule has 1 N–H and O–H groups in total. The zero-order valence-corrected chi connectivity index (χ0v) is 15.6. The minimum atomic E-state index is -0.0179. The van der Waals surface area contributed by atoms with Gasteiger partial charge in [0.15, 0.2) is 0 Å². The Balaban J connectivity index is 1.80. The largest absolute Gasteiger partial charge is 0.350 e. The lowest BCUT2D eigenvalue weighted by Gasteiger charge is -2.17. The fourth-order valence-corrected chi connectivity index (χ4v) is 4.34. The van der Waals surface area contributed by atoms with Gasteiger partial charge in [-0.3, -0.25) is 4.79 Å². The van der Waals surface area contributed by atoms with Crippen LogP contribution in [0.25, 0.3) is 16.6 Å². The van der Waals surface area contributed by atoms with Crippen LogP contribution in [0.1, 0.15) is 41.8 Å². The number of aromatic nitrogens is 3. The van der Waals surface area contributed by atoms with E-state index < -0.39 is 0 Å². The Morgan fingerprint density at radius 3 is 2.96 bits per heavy atom. The number of carbonyl (C=O) groups excluding carboxylic acids is 1. The van der Waals surface area contributed by atoms with Crippen LogP contribution in [0.2, 0.25) is 0 Å². The predicted molar refractivity (Wildman–Crippen MR) is 106 cm³/mol. The number of benzene rings is 1. The van der Waals surface area contributed by atoms with Gasteiger partial charge in [0.05, 0.1) is 17.9 Å². The molecule has 1 aliphatic heterocycles. The van der Waals surface area contributed by atoms with Crippen molar-refractivity contribution in [2.24, 2.45) is 0 Å². The molecule has 4 aromatic rings. The number of fused-ring (bicyclic) bond motifs is 4. The third-order valence-corrected chi connectivity index (χ3v) is 5.62. The van der Waals surface area contributed by atoms with Crippen molar-refractivity contribution in [1.82, 2.24) is 19.3 Å². The highest BCUT2D eigenvalue weighted by atomic mass is 16.1. The molecule has 0 spiro atoms. The molecule has 27 heavy (non-hydrogen) atoms. The Labute approximate surface area is 157 Å². The zero-order valence-electron chi connectivity index (χ0n) is 15.6. The van der Waals surface area contributed by atoms with Crippen molar-refractivity contribution in [2.75, 3.05) is 0 Å². The fourth-order valence-electron chi connectivity index (χ4n) is 4.34. The van der Waals surface area contributed by atoms with Crippen LogP contribution < -0.4 is 5.32 Å². The fraction of sp³-hybridized carbons (Fsp3) is 0.273. The number of aryl methyl sites for hydroxylation is 2. The van der Waals surface area contributed by atoms with Crippen LogP contribution in [-0.2, 0) is 17.9 Å². The van der Waals surface area contributed by atoms with E-state index in [-0.39, 0.29) is 11.8 Å². The summed E-state index contributed by atoms with van der Waals surface area (Å²) in [5.74, 6) is 0.0574. The Bertz CT molecular complexity index is 1180. The summed E-state index contributed by atoms with van der Waals surface area (Å²) in [4.78, 5) is 17.3. The zero-order chi connectivity index (χ0) is 18.5. The number of carbonyl (C=O) groups is 1. The van der Waals surface area contributed by atoms with Gasteiger partial charge in [-0.25, -0.2) is 4.98 Å². The topological polar surface area (TPSA) is 51.3 Å². The maximum atomic E-state index is 12.5.